The summed E-state index contributed by atoms with van der Waals surface area (Å²) in [5.41, 5.74) is 8.41. The molecule has 13 rings (SSSR count). The highest BCUT2D eigenvalue weighted by Gasteiger charge is 2.42. The Morgan fingerprint density at radius 1 is 0.250 bits per heavy atom. The summed E-state index contributed by atoms with van der Waals surface area (Å²) < 4.78 is 46.1. The van der Waals surface area contributed by atoms with Crippen molar-refractivity contribution in [3.63, 3.8) is 0 Å². The zero-order valence-corrected chi connectivity index (χ0v) is 46.6. The Labute approximate surface area is 499 Å². The molecule has 5 aliphatic rings. The summed E-state index contributed by atoms with van der Waals surface area (Å²) in [5, 5.41) is 127. The number of aliphatic hydroxyl groups excluding tert-OH is 12. The maximum Gasteiger partial charge on any atom is 0.228 e. The molecule has 4 aromatic heterocycles. The van der Waals surface area contributed by atoms with Crippen LogP contribution in [0.5, 0.6) is 23.0 Å². The molecule has 24 heteroatoms. The summed E-state index contributed by atoms with van der Waals surface area (Å²) in [6.07, 6.45) is -22.2. The minimum Gasteiger partial charge on any atom is -0.462 e. The lowest BCUT2D eigenvalue weighted by Gasteiger charge is -2.34. The molecule has 4 saturated heterocycles. The fraction of sp³-hybridized carbons (Fsp3) is 0.312. The Balaban J connectivity index is 0.967. The van der Waals surface area contributed by atoms with E-state index in [9.17, 15) is 61.3 Å². The third kappa shape index (κ3) is 11.6. The highest BCUT2D eigenvalue weighted by Crippen LogP contribution is 2.33. The molecule has 9 heterocycles. The number of rotatable bonds is 12. The molecule has 0 aliphatic carbocycles. The molecule has 8 bridgehead atoms. The lowest BCUT2D eigenvalue weighted by Crippen LogP contribution is -2.54. The maximum absolute atomic E-state index is 10.7. The van der Waals surface area contributed by atoms with Crippen molar-refractivity contribution in [3.05, 3.63) is 212 Å². The Morgan fingerprint density at radius 3 is 0.659 bits per heavy atom. The van der Waals surface area contributed by atoms with Crippen LogP contribution < -0.4 is 40.3 Å². The molecule has 0 spiro atoms. The number of hydrogen-bond donors (Lipinski definition) is 16. The molecule has 0 saturated carbocycles. The third-order valence-electron chi connectivity index (χ3n) is 16.3. The molecule has 16 N–H and O–H groups in total. The van der Waals surface area contributed by atoms with Crippen molar-refractivity contribution in [2.24, 2.45) is 0 Å². The van der Waals surface area contributed by atoms with Crippen molar-refractivity contribution < 1.29 is 99.2 Å². The minimum atomic E-state index is -1.52. The standard InChI is InChI=1S/C64H64N4O20/c69-45-25-81-61(57(77)53(45)73)85-33-9-1-29(2-10-33)49-37-17-19-39(65-37)50(30-3-11-34(12-4-30)86-62-58(78)54(74)46(70)26-82-62)41-21-23-43(67-41)52(32-7-15-36(16-8-32)88-64-60(80)56(76)48(72)28-84-64)44-24-22-42(68-44)51(40-20-18-38(49)66-40)31-5-13-35(14-6-31)87-63-59(79)55(75)47(71)27-83-63/h1-24,45-48,53-80H,25-28H2/t45-,46-,47-,48-,53+,54+,55+,56+,57-,58-,59-,60-,61+,62+,63+,64+/m1/s1. The average Bonchev–Trinajstić information content (AvgIpc) is 1.94. The molecule has 0 unspecified atom stereocenters. The van der Waals surface area contributed by atoms with Gasteiger partial charge in [-0.15, -0.1) is 0 Å². The van der Waals surface area contributed by atoms with Gasteiger partial charge in [0, 0.05) is 66.5 Å². The van der Waals surface area contributed by atoms with Crippen LogP contribution in [-0.2, 0) is 18.9 Å². The number of hydrogen-bond acceptors (Lipinski definition) is 20. The summed E-state index contributed by atoms with van der Waals surface area (Å²) in [4.78, 5) is 14.9. The first-order valence-electron chi connectivity index (χ1n) is 28.5. The van der Waals surface area contributed by atoms with E-state index in [1.165, 1.54) is 0 Å². The molecule has 0 amide bonds. The Morgan fingerprint density at radius 2 is 0.455 bits per heavy atom. The van der Waals surface area contributed by atoms with Gasteiger partial charge in [-0.25, -0.2) is 0 Å². The van der Waals surface area contributed by atoms with Crippen LogP contribution in [0.25, 0.3) is 22.3 Å². The molecular weight excluding hydrogens is 1140 g/mol. The van der Waals surface area contributed by atoms with Crippen LogP contribution >= 0.6 is 0 Å². The second-order valence-corrected chi connectivity index (χ2v) is 22.2. The van der Waals surface area contributed by atoms with Crippen molar-refractivity contribution >= 4 is 22.3 Å². The van der Waals surface area contributed by atoms with Crippen molar-refractivity contribution in [2.75, 3.05) is 26.4 Å². The van der Waals surface area contributed by atoms with Gasteiger partial charge < -0.3 is 119 Å². The second kappa shape index (κ2) is 24.5. The second-order valence-electron chi connectivity index (χ2n) is 22.2. The number of aliphatic hydroxyl groups is 12. The fourth-order valence-corrected chi connectivity index (χ4v) is 11.4. The van der Waals surface area contributed by atoms with E-state index in [0.29, 0.717) is 89.5 Å². The number of aromatic nitrogens is 4. The smallest absolute Gasteiger partial charge is 0.228 e. The van der Waals surface area contributed by atoms with Crippen LogP contribution in [0, 0.1) is 0 Å². The number of aromatic amines is 4. The van der Waals surface area contributed by atoms with Gasteiger partial charge in [-0.3, -0.25) is 0 Å². The number of H-pyrrole nitrogens is 4. The predicted molar refractivity (Wildman–Crippen MR) is 307 cm³/mol. The Hall–Kier alpha value is -7.96. The molecule has 8 aromatic rings. The summed E-state index contributed by atoms with van der Waals surface area (Å²) in [6, 6.07) is 43.9. The van der Waals surface area contributed by atoms with E-state index in [1.807, 2.05) is 97.1 Å². The summed E-state index contributed by atoms with van der Waals surface area (Å²) in [5.74, 6) is 1.26. The predicted octanol–water partition coefficient (Wildman–Crippen LogP) is -2.43. The zero-order chi connectivity index (χ0) is 61.1. The molecule has 5 aliphatic heterocycles. The lowest BCUT2D eigenvalue weighted by atomic mass is 10.0. The van der Waals surface area contributed by atoms with Crippen LogP contribution in [0.2, 0.25) is 0 Å². The first kappa shape index (κ1) is 59.0. The first-order chi connectivity index (χ1) is 42.5. The monoisotopic (exact) mass is 1210 g/mol. The van der Waals surface area contributed by atoms with Crippen LogP contribution in [0.15, 0.2) is 146 Å². The molecule has 0 radical (unpaired) electrons. The number of ether oxygens (including phenoxy) is 8. The van der Waals surface area contributed by atoms with Gasteiger partial charge >= 0.3 is 0 Å². The summed E-state index contributed by atoms with van der Waals surface area (Å²) in [7, 11) is 0. The van der Waals surface area contributed by atoms with Gasteiger partial charge in [0.15, 0.2) is 0 Å². The number of fused-ring (bicyclic) bond motifs is 8. The largest absolute Gasteiger partial charge is 0.462 e. The number of nitrogens with one attached hydrogen (secondary N) is 4. The van der Waals surface area contributed by atoms with E-state index in [-0.39, 0.29) is 26.4 Å². The molecule has 4 aromatic carbocycles. The third-order valence-corrected chi connectivity index (χ3v) is 16.3. The van der Waals surface area contributed by atoms with E-state index in [4.69, 9.17) is 37.9 Å². The molecule has 88 heavy (non-hydrogen) atoms. The van der Waals surface area contributed by atoms with E-state index in [1.54, 1.807) is 48.5 Å². The molecule has 16 atom stereocenters. The normalized spacial score (nSPS) is 30.0. The van der Waals surface area contributed by atoms with Crippen LogP contribution in [0.4, 0.5) is 0 Å². The van der Waals surface area contributed by atoms with E-state index in [2.05, 4.69) is 19.9 Å². The average molecular weight is 1210 g/mol. The van der Waals surface area contributed by atoms with Crippen LogP contribution in [-0.4, -0.2) is 206 Å². The minimum absolute atomic E-state index is 0.244. The highest BCUT2D eigenvalue weighted by atomic mass is 16.7. The highest BCUT2D eigenvalue weighted by molar-refractivity contribution is 5.85. The molecule has 4 fully saturated rings. The SMILES string of the molecule is O[C@@H]1[C@@H](O)[C@H](Oc2ccc(C3=c4ccc([nH]4)=C(c4ccc(O[C@@H]5OC[C@@H](O)[C@H](O)[C@H]5O)cc4)c4ccc([nH]4)C(c4ccc(O[C@@H]5OC[C@@H](O)[C@H](O)[C@H]5O)cc4)=c4ccc([nH]4)=C(c4ccc(O[C@@H]5OC[C@@H](O)[C@H](O)[C@H]5O)cc4)c4ccc3[nH]4)cc2)OC[C@H]1O. The van der Waals surface area contributed by atoms with Gasteiger partial charge in [-0.1, -0.05) is 48.5 Å². The Bertz CT molecular complexity index is 3510. The van der Waals surface area contributed by atoms with E-state index < -0.39 is 98.4 Å². The van der Waals surface area contributed by atoms with Crippen molar-refractivity contribution in [1.29, 1.82) is 0 Å². The number of benzene rings is 4. The van der Waals surface area contributed by atoms with Gasteiger partial charge in [-0.2, -0.15) is 0 Å². The molecule has 24 nitrogen and oxygen atoms in total. The van der Waals surface area contributed by atoms with Crippen LogP contribution in [0.3, 0.4) is 0 Å². The molecule has 460 valence electrons. The maximum atomic E-state index is 10.7. The van der Waals surface area contributed by atoms with Crippen molar-refractivity contribution in [1.82, 2.24) is 19.9 Å². The lowest BCUT2D eigenvalue weighted by molar-refractivity contribution is -0.242. The topological polar surface area (TPSA) is 380 Å². The van der Waals surface area contributed by atoms with Gasteiger partial charge in [-0.05, 0) is 119 Å². The molecular formula is C64H64N4O20. The summed E-state index contributed by atoms with van der Waals surface area (Å²) >= 11 is 0. The zero-order valence-electron chi connectivity index (χ0n) is 46.6. The van der Waals surface area contributed by atoms with Gasteiger partial charge in [0.2, 0.25) is 25.2 Å². The van der Waals surface area contributed by atoms with Gasteiger partial charge in [0.1, 0.15) is 96.2 Å². The van der Waals surface area contributed by atoms with E-state index in [0.717, 1.165) is 22.3 Å². The first-order valence-corrected chi connectivity index (χ1v) is 28.5. The fourth-order valence-electron chi connectivity index (χ4n) is 11.4. The van der Waals surface area contributed by atoms with Gasteiger partial charge in [0.05, 0.1) is 26.4 Å². The summed E-state index contributed by atoms with van der Waals surface area (Å²) in [6.45, 7) is -0.977. The quantitative estimate of drug-likeness (QED) is 0.0605. The van der Waals surface area contributed by atoms with Crippen LogP contribution in [0.1, 0.15) is 45.0 Å². The van der Waals surface area contributed by atoms with E-state index >= 15 is 0 Å². The van der Waals surface area contributed by atoms with Crippen molar-refractivity contribution in [3.8, 4) is 23.0 Å². The van der Waals surface area contributed by atoms with Crippen molar-refractivity contribution in [2.45, 2.75) is 98.4 Å². The van der Waals surface area contributed by atoms with Gasteiger partial charge in [0.25, 0.3) is 0 Å². The Kier molecular flexibility index (Phi) is 16.5.